The number of hydrogen-bond acceptors (Lipinski definition) is 4. The van der Waals surface area contributed by atoms with E-state index < -0.39 is 0 Å². The molecular formula is C19H33NO4. The number of carbonyl (C=O) groups is 3. The molecule has 0 aliphatic rings. The maximum absolute atomic E-state index is 11.8. The molecule has 0 aromatic heterocycles. The van der Waals surface area contributed by atoms with Crippen molar-refractivity contribution in [3.63, 3.8) is 0 Å². The van der Waals surface area contributed by atoms with E-state index in [1.54, 1.807) is 6.92 Å². The van der Waals surface area contributed by atoms with Crippen LogP contribution >= 0.6 is 0 Å². The number of Topliss-reactive ketones (excluding diaryl/α,β-unsaturated/α-hetero) is 1. The summed E-state index contributed by atoms with van der Waals surface area (Å²) in [4.78, 5) is 34.3. The second-order valence-corrected chi connectivity index (χ2v) is 6.48. The molecule has 0 spiro atoms. The number of ketones is 1. The summed E-state index contributed by atoms with van der Waals surface area (Å²) in [6.07, 6.45) is 5.45. The van der Waals surface area contributed by atoms with Crippen molar-refractivity contribution < 1.29 is 19.1 Å². The lowest BCUT2D eigenvalue weighted by Crippen LogP contribution is -2.31. The minimum atomic E-state index is -0.389. The molecule has 0 saturated heterocycles. The van der Waals surface area contributed by atoms with E-state index in [4.69, 9.17) is 4.74 Å². The molecule has 1 N–H and O–H groups in total. The monoisotopic (exact) mass is 339 g/mol. The van der Waals surface area contributed by atoms with E-state index in [9.17, 15) is 14.4 Å². The highest BCUT2D eigenvalue weighted by molar-refractivity contribution is 5.96. The lowest BCUT2D eigenvalue weighted by atomic mass is 9.92. The quantitative estimate of drug-likeness (QED) is 0.316. The number of esters is 1. The number of hydrogen-bond donors (Lipinski definition) is 1. The van der Waals surface area contributed by atoms with Gasteiger partial charge in [-0.2, -0.15) is 0 Å². The van der Waals surface area contributed by atoms with Crippen molar-refractivity contribution in [3.05, 3.63) is 12.2 Å². The smallest absolute Gasteiger partial charge is 0.333 e. The number of ether oxygens (including phenoxy) is 1. The van der Waals surface area contributed by atoms with Gasteiger partial charge in [0.25, 0.3) is 0 Å². The fourth-order valence-corrected chi connectivity index (χ4v) is 2.49. The van der Waals surface area contributed by atoms with Gasteiger partial charge in [-0.15, -0.1) is 0 Å². The van der Waals surface area contributed by atoms with Crippen molar-refractivity contribution >= 4 is 17.7 Å². The molecule has 0 saturated carbocycles. The topological polar surface area (TPSA) is 72.5 Å². The van der Waals surface area contributed by atoms with Crippen molar-refractivity contribution in [2.24, 2.45) is 5.92 Å². The molecule has 0 radical (unpaired) electrons. The third kappa shape index (κ3) is 11.0. The van der Waals surface area contributed by atoms with Crippen molar-refractivity contribution in [3.8, 4) is 0 Å². The Labute approximate surface area is 146 Å². The number of amides is 1. The first-order valence-corrected chi connectivity index (χ1v) is 8.92. The molecule has 0 rings (SSSR count). The van der Waals surface area contributed by atoms with Gasteiger partial charge < -0.3 is 10.1 Å². The van der Waals surface area contributed by atoms with Gasteiger partial charge in [0.15, 0.2) is 0 Å². The Morgan fingerprint density at radius 1 is 1.12 bits per heavy atom. The third-order valence-electron chi connectivity index (χ3n) is 3.96. The van der Waals surface area contributed by atoms with Gasteiger partial charge >= 0.3 is 5.97 Å². The molecule has 0 heterocycles. The summed E-state index contributed by atoms with van der Waals surface area (Å²) in [5.74, 6) is -0.338. The van der Waals surface area contributed by atoms with Gasteiger partial charge in [-0.05, 0) is 26.2 Å². The predicted octanol–water partition coefficient (Wildman–Crippen LogP) is 3.57. The Kier molecular flexibility index (Phi) is 11.9. The zero-order valence-electron chi connectivity index (χ0n) is 15.7. The molecule has 1 amide bonds. The second-order valence-electron chi connectivity index (χ2n) is 6.48. The van der Waals surface area contributed by atoms with Crippen LogP contribution in [0.2, 0.25) is 0 Å². The number of carbonyl (C=O) groups excluding carboxylic acids is 3. The highest BCUT2D eigenvalue weighted by Gasteiger charge is 2.20. The molecule has 0 aromatic rings. The van der Waals surface area contributed by atoms with E-state index in [2.05, 4.69) is 25.7 Å². The molecule has 0 aliphatic carbocycles. The molecule has 138 valence electrons. The van der Waals surface area contributed by atoms with E-state index in [1.165, 1.54) is 6.92 Å². The summed E-state index contributed by atoms with van der Waals surface area (Å²) in [6, 6.07) is 0. The molecular weight excluding hydrogens is 306 g/mol. The molecule has 5 heteroatoms. The molecule has 2 atom stereocenters. The van der Waals surface area contributed by atoms with E-state index >= 15 is 0 Å². The Morgan fingerprint density at radius 3 is 2.29 bits per heavy atom. The van der Waals surface area contributed by atoms with Crippen LogP contribution in [0.4, 0.5) is 0 Å². The standard InChI is InChI=1S/C19H33NO4/c1-6-8-9-16(7-2)13-17(24-19(23)14(3)4)10-11-20-18(22)12-15(5)21/h16-17H,3,6-13H2,1-2,4-5H3,(H,20,22). The highest BCUT2D eigenvalue weighted by atomic mass is 16.5. The van der Waals surface area contributed by atoms with Crippen LogP contribution in [-0.4, -0.2) is 30.3 Å². The minimum absolute atomic E-state index is 0.107. The fraction of sp³-hybridized carbons (Fsp3) is 0.737. The summed E-state index contributed by atoms with van der Waals surface area (Å²) >= 11 is 0. The van der Waals surface area contributed by atoms with Gasteiger partial charge in [-0.25, -0.2) is 4.79 Å². The Bertz CT molecular complexity index is 431. The largest absolute Gasteiger partial charge is 0.459 e. The lowest BCUT2D eigenvalue weighted by Gasteiger charge is -2.23. The second kappa shape index (κ2) is 12.7. The first-order valence-electron chi connectivity index (χ1n) is 8.92. The third-order valence-corrected chi connectivity index (χ3v) is 3.96. The Balaban J connectivity index is 4.56. The fourth-order valence-electron chi connectivity index (χ4n) is 2.49. The average Bonchev–Trinajstić information content (AvgIpc) is 2.49. The van der Waals surface area contributed by atoms with Crippen molar-refractivity contribution in [1.29, 1.82) is 0 Å². The summed E-state index contributed by atoms with van der Waals surface area (Å²) in [7, 11) is 0. The first-order chi connectivity index (χ1) is 11.3. The van der Waals surface area contributed by atoms with Crippen LogP contribution in [0.5, 0.6) is 0 Å². The van der Waals surface area contributed by atoms with Crippen LogP contribution in [0.3, 0.4) is 0 Å². The van der Waals surface area contributed by atoms with Crippen LogP contribution < -0.4 is 5.32 Å². The van der Waals surface area contributed by atoms with Crippen molar-refractivity contribution in [2.45, 2.75) is 78.7 Å². The summed E-state index contributed by atoms with van der Waals surface area (Å²) in [6.45, 7) is 11.3. The van der Waals surface area contributed by atoms with Gasteiger partial charge in [0.05, 0.1) is 6.42 Å². The van der Waals surface area contributed by atoms with E-state index in [-0.39, 0.29) is 30.2 Å². The van der Waals surface area contributed by atoms with Gasteiger partial charge in [0.2, 0.25) is 5.91 Å². The molecule has 0 aliphatic heterocycles. The van der Waals surface area contributed by atoms with Crippen LogP contribution in [-0.2, 0) is 19.1 Å². The maximum atomic E-state index is 11.8. The predicted molar refractivity (Wildman–Crippen MR) is 95.5 cm³/mol. The highest BCUT2D eigenvalue weighted by Crippen LogP contribution is 2.22. The normalized spacial score (nSPS) is 13.0. The molecule has 0 bridgehead atoms. The molecule has 5 nitrogen and oxygen atoms in total. The number of nitrogens with one attached hydrogen (secondary N) is 1. The van der Waals surface area contributed by atoms with E-state index in [0.29, 0.717) is 24.5 Å². The SMILES string of the molecule is C=C(C)C(=O)OC(CCNC(=O)CC(C)=O)CC(CC)CCCC. The van der Waals surface area contributed by atoms with Crippen LogP contribution in [0.25, 0.3) is 0 Å². The van der Waals surface area contributed by atoms with Crippen LogP contribution in [0.15, 0.2) is 12.2 Å². The average molecular weight is 339 g/mol. The van der Waals surface area contributed by atoms with Crippen LogP contribution in [0.1, 0.15) is 72.6 Å². The van der Waals surface area contributed by atoms with Gasteiger partial charge in [0, 0.05) is 18.5 Å². The van der Waals surface area contributed by atoms with Crippen LogP contribution in [0, 0.1) is 5.92 Å². The zero-order chi connectivity index (χ0) is 18.5. The van der Waals surface area contributed by atoms with Crippen molar-refractivity contribution in [1.82, 2.24) is 5.32 Å². The lowest BCUT2D eigenvalue weighted by molar-refractivity contribution is -0.145. The van der Waals surface area contributed by atoms with Gasteiger partial charge in [-0.3, -0.25) is 9.59 Å². The molecule has 2 unspecified atom stereocenters. The summed E-state index contributed by atoms with van der Waals surface area (Å²) < 4.78 is 5.53. The Hall–Kier alpha value is -1.65. The molecule has 0 aromatic carbocycles. The Morgan fingerprint density at radius 2 is 1.79 bits per heavy atom. The molecule has 0 fully saturated rings. The minimum Gasteiger partial charge on any atom is -0.459 e. The van der Waals surface area contributed by atoms with E-state index in [0.717, 1.165) is 32.1 Å². The summed E-state index contributed by atoms with van der Waals surface area (Å²) in [5, 5.41) is 2.71. The van der Waals surface area contributed by atoms with E-state index in [1.807, 2.05) is 0 Å². The summed E-state index contributed by atoms with van der Waals surface area (Å²) in [5.41, 5.74) is 0.377. The zero-order valence-corrected chi connectivity index (χ0v) is 15.7. The number of rotatable bonds is 13. The first kappa shape index (κ1) is 22.4. The van der Waals surface area contributed by atoms with Crippen molar-refractivity contribution in [2.75, 3.05) is 6.54 Å². The number of unbranched alkanes of at least 4 members (excludes halogenated alkanes) is 1. The van der Waals surface area contributed by atoms with Gasteiger partial charge in [0.1, 0.15) is 11.9 Å². The maximum Gasteiger partial charge on any atom is 0.333 e. The molecule has 24 heavy (non-hydrogen) atoms. The van der Waals surface area contributed by atoms with Gasteiger partial charge in [-0.1, -0.05) is 46.1 Å².